The van der Waals surface area contributed by atoms with Crippen molar-refractivity contribution in [3.05, 3.63) is 32.6 Å². The average molecular weight is 341 g/mol. The van der Waals surface area contributed by atoms with Crippen molar-refractivity contribution in [3.63, 3.8) is 0 Å². The zero-order valence-electron chi connectivity index (χ0n) is 14.2. The van der Waals surface area contributed by atoms with Gasteiger partial charge in [0.15, 0.2) is 0 Å². The Bertz CT molecular complexity index is 717. The molecule has 1 aliphatic rings. The lowest BCUT2D eigenvalue weighted by Crippen LogP contribution is -2.44. The van der Waals surface area contributed by atoms with Crippen LogP contribution in [0, 0.1) is 6.92 Å². The monoisotopic (exact) mass is 341 g/mol. The molecular formula is C15H23N3O6. The van der Waals surface area contributed by atoms with E-state index in [0.717, 1.165) is 0 Å². The summed E-state index contributed by atoms with van der Waals surface area (Å²) in [5.74, 6) is 0. The summed E-state index contributed by atoms with van der Waals surface area (Å²) in [4.78, 5) is 37.5. The molecule has 3 unspecified atom stereocenters. The Morgan fingerprint density at radius 2 is 2.17 bits per heavy atom. The summed E-state index contributed by atoms with van der Waals surface area (Å²) in [6.45, 7) is 6.48. The van der Waals surface area contributed by atoms with Crippen molar-refractivity contribution in [2.75, 3.05) is 6.61 Å². The van der Waals surface area contributed by atoms with Gasteiger partial charge >= 0.3 is 11.8 Å². The quantitative estimate of drug-likeness (QED) is 0.712. The number of aliphatic hydroxyl groups is 1. The molecule has 2 rings (SSSR count). The molecule has 1 aromatic heterocycles. The van der Waals surface area contributed by atoms with E-state index in [-0.39, 0.29) is 13.0 Å². The first-order valence-electron chi connectivity index (χ1n) is 7.68. The van der Waals surface area contributed by atoms with Gasteiger partial charge in [0, 0.05) is 18.2 Å². The zero-order valence-corrected chi connectivity index (χ0v) is 14.2. The standard InChI is InChI=1S/C15H23N3O6/c1-8-6-18(13(21)17-12(8)20)11-5-9(10(7-19)23-11)16-14(22)24-15(2,3)4/h6,9-11,19H,5,7H2,1-4H3,(H,16,22)(H,17,20,21). The van der Waals surface area contributed by atoms with Crippen LogP contribution in [0.1, 0.15) is 39.0 Å². The van der Waals surface area contributed by atoms with Gasteiger partial charge < -0.3 is 19.9 Å². The highest BCUT2D eigenvalue weighted by Gasteiger charge is 2.38. The van der Waals surface area contributed by atoms with Crippen molar-refractivity contribution in [2.24, 2.45) is 0 Å². The van der Waals surface area contributed by atoms with Gasteiger partial charge in [-0.15, -0.1) is 0 Å². The third-order valence-electron chi connectivity index (χ3n) is 3.57. The SMILES string of the molecule is Cc1cn(C2CC(NC(=O)OC(C)(C)C)C(CO)O2)c(=O)[nH]c1=O. The fourth-order valence-corrected chi connectivity index (χ4v) is 2.48. The van der Waals surface area contributed by atoms with Gasteiger partial charge in [-0.1, -0.05) is 0 Å². The minimum Gasteiger partial charge on any atom is -0.444 e. The van der Waals surface area contributed by atoms with E-state index in [1.807, 2.05) is 0 Å². The summed E-state index contributed by atoms with van der Waals surface area (Å²) >= 11 is 0. The third kappa shape index (κ3) is 4.24. The molecule has 3 atom stereocenters. The number of amides is 1. The summed E-state index contributed by atoms with van der Waals surface area (Å²) in [6, 6.07) is -0.519. The van der Waals surface area contributed by atoms with E-state index in [1.165, 1.54) is 10.8 Å². The number of hydrogen-bond acceptors (Lipinski definition) is 6. The molecule has 1 fully saturated rings. The molecule has 9 nitrogen and oxygen atoms in total. The number of hydrogen-bond donors (Lipinski definition) is 3. The van der Waals surface area contributed by atoms with E-state index in [2.05, 4.69) is 10.3 Å². The summed E-state index contributed by atoms with van der Waals surface area (Å²) in [6.07, 6.45) is -0.349. The fraction of sp³-hybridized carbons (Fsp3) is 0.667. The molecule has 9 heteroatoms. The zero-order chi connectivity index (χ0) is 18.1. The lowest BCUT2D eigenvalue weighted by atomic mass is 10.1. The number of aromatic nitrogens is 2. The van der Waals surface area contributed by atoms with E-state index < -0.39 is 41.3 Å². The van der Waals surface area contributed by atoms with Crippen LogP contribution in [-0.4, -0.2) is 45.1 Å². The van der Waals surface area contributed by atoms with Crippen LogP contribution in [0.25, 0.3) is 0 Å². The van der Waals surface area contributed by atoms with Crippen molar-refractivity contribution >= 4 is 6.09 Å². The minimum atomic E-state index is -0.704. The van der Waals surface area contributed by atoms with Gasteiger partial charge in [-0.3, -0.25) is 14.3 Å². The predicted molar refractivity (Wildman–Crippen MR) is 84.8 cm³/mol. The average Bonchev–Trinajstić information content (AvgIpc) is 2.83. The Balaban J connectivity index is 2.15. The molecule has 1 aliphatic heterocycles. The molecule has 0 spiro atoms. The molecule has 3 N–H and O–H groups in total. The summed E-state index contributed by atoms with van der Waals surface area (Å²) in [7, 11) is 0. The largest absolute Gasteiger partial charge is 0.444 e. The molecule has 0 aromatic carbocycles. The second-order valence-corrected chi connectivity index (χ2v) is 6.78. The highest BCUT2D eigenvalue weighted by atomic mass is 16.6. The number of carbonyl (C=O) groups excluding carboxylic acids is 1. The number of aliphatic hydroxyl groups excluding tert-OH is 1. The van der Waals surface area contributed by atoms with E-state index >= 15 is 0 Å². The first kappa shape index (κ1) is 18.2. The Morgan fingerprint density at radius 3 is 2.75 bits per heavy atom. The molecule has 134 valence electrons. The Hall–Kier alpha value is -2.13. The van der Waals surface area contributed by atoms with Crippen molar-refractivity contribution in [1.82, 2.24) is 14.9 Å². The van der Waals surface area contributed by atoms with Crippen LogP contribution in [-0.2, 0) is 9.47 Å². The van der Waals surface area contributed by atoms with E-state index in [1.54, 1.807) is 27.7 Å². The lowest BCUT2D eigenvalue weighted by Gasteiger charge is -2.23. The maximum atomic E-state index is 11.9. The molecule has 0 bridgehead atoms. The topological polar surface area (TPSA) is 123 Å². The third-order valence-corrected chi connectivity index (χ3v) is 3.57. The first-order chi connectivity index (χ1) is 11.1. The molecule has 1 amide bonds. The van der Waals surface area contributed by atoms with Gasteiger partial charge in [-0.25, -0.2) is 9.59 Å². The van der Waals surface area contributed by atoms with E-state index in [4.69, 9.17) is 9.47 Å². The summed E-state index contributed by atoms with van der Waals surface area (Å²) in [5, 5.41) is 12.1. The Labute approximate surface area is 138 Å². The van der Waals surface area contributed by atoms with Crippen molar-refractivity contribution in [1.29, 1.82) is 0 Å². The van der Waals surface area contributed by atoms with Gasteiger partial charge in [0.1, 0.15) is 17.9 Å². The highest BCUT2D eigenvalue weighted by molar-refractivity contribution is 5.68. The minimum absolute atomic E-state index is 0.260. The van der Waals surface area contributed by atoms with Crippen molar-refractivity contribution < 1.29 is 19.4 Å². The number of H-pyrrole nitrogens is 1. The summed E-state index contributed by atoms with van der Waals surface area (Å²) in [5.41, 5.74) is -1.35. The smallest absolute Gasteiger partial charge is 0.407 e. The van der Waals surface area contributed by atoms with Gasteiger partial charge in [0.05, 0.1) is 12.6 Å². The van der Waals surface area contributed by atoms with E-state index in [9.17, 15) is 19.5 Å². The first-order valence-corrected chi connectivity index (χ1v) is 7.68. The Morgan fingerprint density at radius 1 is 1.50 bits per heavy atom. The van der Waals surface area contributed by atoms with Crippen LogP contribution >= 0.6 is 0 Å². The number of nitrogens with zero attached hydrogens (tertiary/aromatic N) is 1. The molecule has 24 heavy (non-hydrogen) atoms. The van der Waals surface area contributed by atoms with E-state index in [0.29, 0.717) is 5.56 Å². The Kier molecular flexibility index (Phi) is 5.14. The maximum absolute atomic E-state index is 11.9. The fourth-order valence-electron chi connectivity index (χ4n) is 2.48. The normalized spacial score (nSPS) is 24.0. The number of ether oxygens (including phenoxy) is 2. The van der Waals surface area contributed by atoms with Gasteiger partial charge in [-0.2, -0.15) is 0 Å². The van der Waals surface area contributed by atoms with Crippen LogP contribution in [0.4, 0.5) is 4.79 Å². The molecule has 0 aliphatic carbocycles. The number of alkyl carbamates (subject to hydrolysis) is 1. The number of aryl methyl sites for hydroxylation is 1. The second-order valence-electron chi connectivity index (χ2n) is 6.78. The van der Waals surface area contributed by atoms with Crippen LogP contribution in [0.15, 0.2) is 15.8 Å². The number of carbonyl (C=O) groups is 1. The maximum Gasteiger partial charge on any atom is 0.407 e. The second kappa shape index (κ2) is 6.78. The van der Waals surface area contributed by atoms with Crippen LogP contribution in [0.3, 0.4) is 0 Å². The number of aromatic amines is 1. The number of nitrogens with one attached hydrogen (secondary N) is 2. The van der Waals surface area contributed by atoms with Crippen molar-refractivity contribution in [3.8, 4) is 0 Å². The lowest BCUT2D eigenvalue weighted by molar-refractivity contribution is -0.0298. The van der Waals surface area contributed by atoms with Crippen LogP contribution in [0.2, 0.25) is 0 Å². The highest BCUT2D eigenvalue weighted by Crippen LogP contribution is 2.27. The van der Waals surface area contributed by atoms with Gasteiger partial charge in [0.2, 0.25) is 0 Å². The van der Waals surface area contributed by atoms with Crippen molar-refractivity contribution in [2.45, 2.75) is 58.1 Å². The predicted octanol–water partition coefficient (Wildman–Crippen LogP) is 0.0181. The van der Waals surface area contributed by atoms with Crippen LogP contribution < -0.4 is 16.6 Å². The van der Waals surface area contributed by atoms with Gasteiger partial charge in [0.25, 0.3) is 5.56 Å². The molecule has 1 saturated heterocycles. The number of rotatable bonds is 3. The molecule has 2 heterocycles. The molecular weight excluding hydrogens is 318 g/mol. The molecule has 1 aromatic rings. The molecule has 0 radical (unpaired) electrons. The van der Waals surface area contributed by atoms with Gasteiger partial charge in [-0.05, 0) is 27.7 Å². The van der Waals surface area contributed by atoms with Crippen LogP contribution in [0.5, 0.6) is 0 Å². The molecule has 0 saturated carbocycles. The summed E-state index contributed by atoms with van der Waals surface area (Å²) < 4.78 is 12.1.